The number of carbonyl (C=O) groups is 1. The van der Waals surface area contributed by atoms with Gasteiger partial charge in [0.1, 0.15) is 29.5 Å². The number of halogens is 3. The number of nitrogens with zero attached hydrogens (tertiary/aromatic N) is 3. The Labute approximate surface area is 216 Å². The first-order chi connectivity index (χ1) is 17.6. The molecular formula is C25H25ClF2N6O3. The topological polar surface area (TPSA) is 128 Å². The minimum Gasteiger partial charge on any atom is -0.460 e. The van der Waals surface area contributed by atoms with Crippen molar-refractivity contribution in [2.45, 2.75) is 32.9 Å². The van der Waals surface area contributed by atoms with Crippen LogP contribution in [0.4, 0.5) is 14.6 Å². The summed E-state index contributed by atoms with van der Waals surface area (Å²) in [4.78, 5) is 20.9. The first-order valence-electron chi connectivity index (χ1n) is 11.5. The Balaban J connectivity index is 1.68. The van der Waals surface area contributed by atoms with Gasteiger partial charge in [0.2, 0.25) is 0 Å². The smallest absolute Gasteiger partial charge is 0.326 e. The van der Waals surface area contributed by atoms with Gasteiger partial charge in [-0.2, -0.15) is 15.1 Å². The second-order valence-electron chi connectivity index (χ2n) is 8.71. The summed E-state index contributed by atoms with van der Waals surface area (Å²) in [7, 11) is 0. The Morgan fingerprint density at radius 2 is 1.92 bits per heavy atom. The van der Waals surface area contributed by atoms with Gasteiger partial charge in [-0.1, -0.05) is 43.6 Å². The molecule has 4 rings (SSSR count). The van der Waals surface area contributed by atoms with E-state index >= 15 is 0 Å². The molecule has 0 radical (unpaired) electrons. The average Bonchev–Trinajstić information content (AvgIpc) is 3.28. The van der Waals surface area contributed by atoms with Gasteiger partial charge in [-0.25, -0.2) is 8.78 Å². The third kappa shape index (κ3) is 5.95. The summed E-state index contributed by atoms with van der Waals surface area (Å²) in [6.45, 7) is 5.51. The van der Waals surface area contributed by atoms with Gasteiger partial charge in [-0.3, -0.25) is 9.89 Å². The number of nitrogens with two attached hydrogens (primary N) is 1. The number of nitrogens with one attached hydrogen (secondary N) is 2. The van der Waals surface area contributed by atoms with Crippen molar-refractivity contribution in [1.29, 1.82) is 0 Å². The normalized spacial score (nSPS) is 13.0. The molecule has 0 fully saturated rings. The summed E-state index contributed by atoms with van der Waals surface area (Å²) in [5.41, 5.74) is 7.25. The first kappa shape index (κ1) is 26.2. The molecule has 4 N–H and O–H groups in total. The van der Waals surface area contributed by atoms with Gasteiger partial charge in [-0.15, -0.1) is 0 Å². The molecule has 0 aliphatic rings. The van der Waals surface area contributed by atoms with Gasteiger partial charge in [0.25, 0.3) is 0 Å². The number of rotatable bonds is 9. The van der Waals surface area contributed by atoms with Gasteiger partial charge in [0.05, 0.1) is 17.0 Å². The van der Waals surface area contributed by atoms with Gasteiger partial charge in [0, 0.05) is 11.6 Å². The maximum absolute atomic E-state index is 14.2. The van der Waals surface area contributed by atoms with E-state index in [1.54, 1.807) is 25.1 Å². The van der Waals surface area contributed by atoms with E-state index in [4.69, 9.17) is 26.8 Å². The van der Waals surface area contributed by atoms with E-state index in [2.05, 4.69) is 25.5 Å². The lowest BCUT2D eigenvalue weighted by Crippen LogP contribution is -2.39. The maximum Gasteiger partial charge on any atom is 0.326 e. The molecule has 0 bridgehead atoms. The fraction of sp³-hybridized carbons (Fsp3) is 0.280. The van der Waals surface area contributed by atoms with Gasteiger partial charge in [0.15, 0.2) is 17.2 Å². The molecule has 4 aromatic rings. The third-order valence-corrected chi connectivity index (χ3v) is 5.82. The number of fused-ring (bicyclic) bond motifs is 1. The molecule has 0 saturated heterocycles. The largest absolute Gasteiger partial charge is 0.460 e. The zero-order valence-electron chi connectivity index (χ0n) is 20.3. The number of ether oxygens (including phenoxy) is 2. The van der Waals surface area contributed by atoms with E-state index in [9.17, 15) is 13.6 Å². The highest BCUT2D eigenvalue weighted by molar-refractivity contribution is 6.33. The Kier molecular flexibility index (Phi) is 7.84. The highest BCUT2D eigenvalue weighted by Gasteiger charge is 2.23. The van der Waals surface area contributed by atoms with Crippen LogP contribution in [0, 0.1) is 17.6 Å². The minimum absolute atomic E-state index is 0.0789. The van der Waals surface area contributed by atoms with Crippen molar-refractivity contribution < 1.29 is 23.0 Å². The fourth-order valence-electron chi connectivity index (χ4n) is 3.42. The van der Waals surface area contributed by atoms with Crippen LogP contribution in [0.5, 0.6) is 11.8 Å². The minimum atomic E-state index is -0.915. The SMILES string of the molecule is CC(C)[C@H](N)C(=O)O[C@@H](C)CNc1nc(Oc2ccc(F)cc2F)nc2[nH]nc(-c3ccccc3Cl)c12. The van der Waals surface area contributed by atoms with Crippen LogP contribution in [0.1, 0.15) is 20.8 Å². The number of H-pyrrole nitrogens is 1. The van der Waals surface area contributed by atoms with Crippen molar-refractivity contribution in [2.24, 2.45) is 11.7 Å². The Hall–Kier alpha value is -3.83. The molecule has 37 heavy (non-hydrogen) atoms. The van der Waals surface area contributed by atoms with Gasteiger partial charge >= 0.3 is 12.0 Å². The summed E-state index contributed by atoms with van der Waals surface area (Å²) in [5, 5.41) is 11.2. The van der Waals surface area contributed by atoms with Crippen molar-refractivity contribution in [2.75, 3.05) is 11.9 Å². The van der Waals surface area contributed by atoms with Crippen molar-refractivity contribution in [3.63, 3.8) is 0 Å². The highest BCUT2D eigenvalue weighted by Crippen LogP contribution is 2.36. The van der Waals surface area contributed by atoms with Crippen LogP contribution in [0.3, 0.4) is 0 Å². The van der Waals surface area contributed by atoms with E-state index in [0.717, 1.165) is 12.1 Å². The molecule has 2 aromatic carbocycles. The van der Waals surface area contributed by atoms with Crippen LogP contribution in [0.25, 0.3) is 22.3 Å². The Morgan fingerprint density at radius 3 is 2.62 bits per heavy atom. The monoisotopic (exact) mass is 530 g/mol. The van der Waals surface area contributed by atoms with Crippen LogP contribution in [-0.2, 0) is 9.53 Å². The number of esters is 1. The molecule has 0 saturated carbocycles. The molecule has 2 aromatic heterocycles. The van der Waals surface area contributed by atoms with Gasteiger partial charge < -0.3 is 20.5 Å². The quantitative estimate of drug-likeness (QED) is 0.256. The van der Waals surface area contributed by atoms with Crippen LogP contribution in [0.15, 0.2) is 42.5 Å². The number of hydrogen-bond donors (Lipinski definition) is 3. The van der Waals surface area contributed by atoms with Crippen LogP contribution < -0.4 is 15.8 Å². The number of anilines is 1. The lowest BCUT2D eigenvalue weighted by Gasteiger charge is -2.19. The summed E-state index contributed by atoms with van der Waals surface area (Å²) < 4.78 is 38.4. The van der Waals surface area contributed by atoms with E-state index in [1.165, 1.54) is 0 Å². The van der Waals surface area contributed by atoms with Crippen LogP contribution in [-0.4, -0.2) is 44.8 Å². The second-order valence-corrected chi connectivity index (χ2v) is 9.11. The van der Waals surface area contributed by atoms with E-state index in [0.29, 0.717) is 27.7 Å². The molecule has 0 spiro atoms. The lowest BCUT2D eigenvalue weighted by molar-refractivity contribution is -0.150. The molecule has 12 heteroatoms. The molecular weight excluding hydrogens is 506 g/mol. The highest BCUT2D eigenvalue weighted by atomic mass is 35.5. The first-order valence-corrected chi connectivity index (χ1v) is 11.9. The number of hydrogen-bond acceptors (Lipinski definition) is 8. The van der Waals surface area contributed by atoms with Crippen LogP contribution in [0.2, 0.25) is 5.02 Å². The third-order valence-electron chi connectivity index (χ3n) is 5.49. The molecule has 2 heterocycles. The zero-order chi connectivity index (χ0) is 26.7. The molecule has 0 amide bonds. The molecule has 194 valence electrons. The van der Waals surface area contributed by atoms with Crippen molar-refractivity contribution in [1.82, 2.24) is 20.2 Å². The molecule has 0 aliphatic carbocycles. The van der Waals surface area contributed by atoms with Gasteiger partial charge in [-0.05, 0) is 31.0 Å². The van der Waals surface area contributed by atoms with Crippen molar-refractivity contribution >= 4 is 34.4 Å². The van der Waals surface area contributed by atoms with Crippen molar-refractivity contribution in [3.8, 4) is 23.0 Å². The Morgan fingerprint density at radius 1 is 1.16 bits per heavy atom. The molecule has 0 unspecified atom stereocenters. The molecule has 2 atom stereocenters. The summed E-state index contributed by atoms with van der Waals surface area (Å²) in [5.74, 6) is -2.26. The van der Waals surface area contributed by atoms with Crippen LogP contribution >= 0.6 is 11.6 Å². The summed E-state index contributed by atoms with van der Waals surface area (Å²) in [6.07, 6.45) is -0.572. The summed E-state index contributed by atoms with van der Waals surface area (Å²) in [6, 6.07) is 9.02. The number of aromatic amines is 1. The predicted octanol–water partition coefficient (Wildman–Crippen LogP) is 5.07. The summed E-state index contributed by atoms with van der Waals surface area (Å²) >= 11 is 6.40. The maximum atomic E-state index is 14.2. The number of aromatic nitrogens is 4. The molecule has 9 nitrogen and oxygen atoms in total. The van der Waals surface area contributed by atoms with E-state index in [1.807, 2.05) is 19.9 Å². The standard InChI is InChI=1S/C25H25ClF2N6O3/c1-12(2)20(29)24(35)36-13(3)11-30-22-19-21(15-6-4-5-7-16(15)26)33-34-23(19)32-25(31-22)37-18-9-8-14(27)10-17(18)28/h4-10,12-13,20H,11,29H2,1-3H3,(H2,30,31,32,33,34)/t13-,20-/m0/s1. The second kappa shape index (κ2) is 11.1. The van der Waals surface area contributed by atoms with E-state index < -0.39 is 29.7 Å². The predicted molar refractivity (Wildman–Crippen MR) is 135 cm³/mol. The average molecular weight is 531 g/mol. The lowest BCUT2D eigenvalue weighted by atomic mass is 10.1. The fourth-order valence-corrected chi connectivity index (χ4v) is 3.64. The zero-order valence-corrected chi connectivity index (χ0v) is 21.0. The number of carbonyl (C=O) groups excluding carboxylic acids is 1. The Bertz CT molecular complexity index is 1430. The van der Waals surface area contributed by atoms with E-state index in [-0.39, 0.29) is 35.7 Å². The number of benzene rings is 2. The molecule has 0 aliphatic heterocycles. The van der Waals surface area contributed by atoms with Crippen molar-refractivity contribution in [3.05, 3.63) is 59.1 Å².